The molecule has 0 aliphatic heterocycles. The quantitative estimate of drug-likeness (QED) is 0.364. The first-order valence-corrected chi connectivity index (χ1v) is 10.4. The number of nitro groups is 1. The van der Waals surface area contributed by atoms with E-state index in [1.165, 1.54) is 23.5 Å². The number of nitrogens with zero attached hydrogens (tertiary/aromatic N) is 2. The summed E-state index contributed by atoms with van der Waals surface area (Å²) in [5, 5.41) is 11.5. The van der Waals surface area contributed by atoms with Gasteiger partial charge in [0.2, 0.25) is 0 Å². The molecule has 0 bridgehead atoms. The molecule has 9 heteroatoms. The van der Waals surface area contributed by atoms with Crippen molar-refractivity contribution in [3.05, 3.63) is 58.8 Å². The Morgan fingerprint density at radius 2 is 1.86 bits per heavy atom. The molecule has 0 aliphatic rings. The lowest BCUT2D eigenvalue weighted by molar-refractivity contribution is -0.384. The minimum Gasteiger partial charge on any atom is -0.399 e. The van der Waals surface area contributed by atoms with Crippen LogP contribution in [-0.4, -0.2) is 19.7 Å². The maximum atomic E-state index is 12.8. The van der Waals surface area contributed by atoms with Crippen LogP contribution in [0.5, 0.6) is 0 Å². The van der Waals surface area contributed by atoms with Gasteiger partial charge in [-0.1, -0.05) is 6.07 Å². The van der Waals surface area contributed by atoms with Crippen LogP contribution in [0.2, 0.25) is 0 Å². The van der Waals surface area contributed by atoms with E-state index in [0.717, 1.165) is 21.0 Å². The fourth-order valence-electron chi connectivity index (χ4n) is 2.49. The molecule has 0 fully saturated rings. The van der Waals surface area contributed by atoms with Crippen LogP contribution < -0.4 is 10.5 Å². The minimum atomic E-state index is -1.44. The van der Waals surface area contributed by atoms with E-state index < -0.39 is 15.9 Å². The Bertz CT molecular complexity index is 1040. The summed E-state index contributed by atoms with van der Waals surface area (Å²) in [7, 11) is -1.44. The van der Waals surface area contributed by atoms with Gasteiger partial charge in [0.25, 0.3) is 5.69 Å². The van der Waals surface area contributed by atoms with Gasteiger partial charge in [0, 0.05) is 40.7 Å². The van der Waals surface area contributed by atoms with Gasteiger partial charge >= 0.3 is 0 Å². The number of benzene rings is 2. The highest BCUT2D eigenvalue weighted by Gasteiger charge is 2.20. The van der Waals surface area contributed by atoms with Gasteiger partial charge in [-0.25, -0.2) is 13.9 Å². The van der Waals surface area contributed by atoms with E-state index in [0.29, 0.717) is 10.6 Å². The Balaban J connectivity index is 1.97. The lowest BCUT2D eigenvalue weighted by atomic mass is 10.1. The predicted octanol–water partition coefficient (Wildman–Crippen LogP) is 4.38. The van der Waals surface area contributed by atoms with Gasteiger partial charge in [-0.3, -0.25) is 10.1 Å². The summed E-state index contributed by atoms with van der Waals surface area (Å²) in [4.78, 5) is 16.2. The number of rotatable bonds is 5. The summed E-state index contributed by atoms with van der Waals surface area (Å²) in [5.41, 5.74) is 7.72. The second kappa shape index (κ2) is 7.78. The first-order chi connectivity index (χ1) is 13.1. The smallest absolute Gasteiger partial charge is 0.269 e. The van der Waals surface area contributed by atoms with Gasteiger partial charge in [0.15, 0.2) is 0 Å². The van der Waals surface area contributed by atoms with Crippen molar-refractivity contribution in [2.45, 2.75) is 31.2 Å². The maximum Gasteiger partial charge on any atom is 0.269 e. The number of nitrogens with one attached hydrogen (secondary N) is 1. The number of nitrogens with two attached hydrogens (primary N) is 1. The second-order valence-corrected chi connectivity index (χ2v) is 9.42. The third kappa shape index (κ3) is 4.61. The van der Waals surface area contributed by atoms with E-state index in [2.05, 4.69) is 9.71 Å². The van der Waals surface area contributed by atoms with Crippen LogP contribution in [0.15, 0.2) is 53.6 Å². The average molecular weight is 417 g/mol. The topological polar surface area (TPSA) is 111 Å². The lowest BCUT2D eigenvalue weighted by Gasteiger charge is -2.20. The van der Waals surface area contributed by atoms with Crippen LogP contribution in [0, 0.1) is 10.1 Å². The van der Waals surface area contributed by atoms with Crippen molar-refractivity contribution in [1.29, 1.82) is 0 Å². The van der Waals surface area contributed by atoms with E-state index in [9.17, 15) is 14.3 Å². The number of thiazole rings is 1. The van der Waals surface area contributed by atoms with Crippen LogP contribution in [0.25, 0.3) is 21.0 Å². The first-order valence-electron chi connectivity index (χ1n) is 8.44. The van der Waals surface area contributed by atoms with Gasteiger partial charge < -0.3 is 5.73 Å². The number of anilines is 1. The molecule has 28 heavy (non-hydrogen) atoms. The molecule has 3 aromatic rings. The molecule has 0 aliphatic carbocycles. The zero-order valence-corrected chi connectivity index (χ0v) is 17.3. The molecule has 146 valence electrons. The molecule has 3 N–H and O–H groups in total. The van der Waals surface area contributed by atoms with E-state index in [1.54, 1.807) is 30.5 Å². The van der Waals surface area contributed by atoms with Crippen LogP contribution in [0.1, 0.15) is 20.8 Å². The number of hydrogen-bond donors (Lipinski definition) is 2. The summed E-state index contributed by atoms with van der Waals surface area (Å²) in [6, 6.07) is 11.5. The summed E-state index contributed by atoms with van der Waals surface area (Å²) >= 11 is 1.42. The molecule has 1 aromatic heterocycles. The second-order valence-electron chi connectivity index (χ2n) is 7.21. The molecule has 0 saturated heterocycles. The van der Waals surface area contributed by atoms with Crippen molar-refractivity contribution in [2.24, 2.45) is 0 Å². The number of hydrogen-bond acceptors (Lipinski definition) is 6. The summed E-state index contributed by atoms with van der Waals surface area (Å²) in [5.74, 6) is 0. The zero-order valence-electron chi connectivity index (χ0n) is 15.6. The van der Waals surface area contributed by atoms with E-state index in [-0.39, 0.29) is 11.2 Å². The van der Waals surface area contributed by atoms with Crippen molar-refractivity contribution in [2.75, 3.05) is 5.73 Å². The monoisotopic (exact) mass is 416 g/mol. The standard InChI is InChI=1S/C19H20N4O3S2/c1-19(2,3)22-28(26)17-10-13(20)6-9-15(17)16-11-21-18(27-16)12-4-7-14(8-5-12)23(24)25/h4-11,22H,20H2,1-3H3. The molecular formula is C19H20N4O3S2. The Labute approximate surface area is 169 Å². The van der Waals surface area contributed by atoms with Crippen LogP contribution >= 0.6 is 11.3 Å². The molecule has 0 saturated carbocycles. The predicted molar refractivity (Wildman–Crippen MR) is 113 cm³/mol. The van der Waals surface area contributed by atoms with Crippen molar-refractivity contribution < 1.29 is 9.13 Å². The lowest BCUT2D eigenvalue weighted by Crippen LogP contribution is -2.37. The van der Waals surface area contributed by atoms with Crippen molar-refractivity contribution in [3.63, 3.8) is 0 Å². The Kier molecular flexibility index (Phi) is 5.59. The molecular weight excluding hydrogens is 396 g/mol. The van der Waals surface area contributed by atoms with Crippen LogP contribution in [-0.2, 0) is 11.0 Å². The Hall–Kier alpha value is -2.62. The van der Waals surface area contributed by atoms with Gasteiger partial charge in [-0.2, -0.15) is 0 Å². The number of aromatic nitrogens is 1. The van der Waals surface area contributed by atoms with Crippen LogP contribution in [0.3, 0.4) is 0 Å². The summed E-state index contributed by atoms with van der Waals surface area (Å²) in [6.45, 7) is 5.82. The maximum absolute atomic E-state index is 12.8. The molecule has 7 nitrogen and oxygen atoms in total. The summed E-state index contributed by atoms with van der Waals surface area (Å²) in [6.07, 6.45) is 1.71. The molecule has 0 amide bonds. The third-order valence-corrected chi connectivity index (χ3v) is 6.32. The fourth-order valence-corrected chi connectivity index (χ4v) is 4.80. The van der Waals surface area contributed by atoms with Crippen molar-refractivity contribution in [3.8, 4) is 21.0 Å². The molecule has 3 rings (SSSR count). The summed E-state index contributed by atoms with van der Waals surface area (Å²) < 4.78 is 15.9. The molecule has 1 heterocycles. The molecule has 1 unspecified atom stereocenters. The van der Waals surface area contributed by atoms with E-state index >= 15 is 0 Å². The number of non-ortho nitro benzene ring substituents is 1. The molecule has 2 aromatic carbocycles. The van der Waals surface area contributed by atoms with E-state index in [1.807, 2.05) is 26.8 Å². The van der Waals surface area contributed by atoms with Gasteiger partial charge in [0.1, 0.15) is 16.0 Å². The Morgan fingerprint density at radius 1 is 1.18 bits per heavy atom. The molecule has 0 radical (unpaired) electrons. The van der Waals surface area contributed by atoms with E-state index in [4.69, 9.17) is 5.73 Å². The molecule has 1 atom stereocenters. The SMILES string of the molecule is CC(C)(C)NS(=O)c1cc(N)ccc1-c1cnc(-c2ccc([N+](=O)[O-])cc2)s1. The van der Waals surface area contributed by atoms with Gasteiger partial charge in [0.05, 0.1) is 14.7 Å². The minimum absolute atomic E-state index is 0.0324. The molecule has 0 spiro atoms. The largest absolute Gasteiger partial charge is 0.399 e. The van der Waals surface area contributed by atoms with Gasteiger partial charge in [-0.15, -0.1) is 11.3 Å². The van der Waals surface area contributed by atoms with Gasteiger partial charge in [-0.05, 0) is 45.0 Å². The highest BCUT2D eigenvalue weighted by atomic mass is 32.2. The Morgan fingerprint density at radius 3 is 2.46 bits per heavy atom. The zero-order chi connectivity index (χ0) is 20.5. The fraction of sp³-hybridized carbons (Fsp3) is 0.211. The highest BCUT2D eigenvalue weighted by molar-refractivity contribution is 7.83. The first kappa shape index (κ1) is 20.1. The van der Waals surface area contributed by atoms with Crippen molar-refractivity contribution >= 4 is 33.7 Å². The number of nitro benzene ring substituents is 1. The van der Waals surface area contributed by atoms with Crippen molar-refractivity contribution in [1.82, 2.24) is 9.71 Å². The number of nitrogen functional groups attached to an aromatic ring is 1. The third-order valence-electron chi connectivity index (χ3n) is 3.70. The average Bonchev–Trinajstić information content (AvgIpc) is 3.10. The van der Waals surface area contributed by atoms with Crippen LogP contribution in [0.4, 0.5) is 11.4 Å². The highest BCUT2D eigenvalue weighted by Crippen LogP contribution is 2.36. The normalized spacial score (nSPS) is 12.7.